The van der Waals surface area contributed by atoms with E-state index in [4.69, 9.17) is 0 Å². The molecule has 0 bridgehead atoms. The van der Waals surface area contributed by atoms with Crippen molar-refractivity contribution in [3.63, 3.8) is 0 Å². The van der Waals surface area contributed by atoms with Crippen molar-refractivity contribution in [2.75, 3.05) is 0 Å². The SMILES string of the molecule is CC[C@H]1CC2C3CCC(CCCC4(O)CC4)C3(C)CC[C@@H]2C2(C)CCCCC12. The third kappa shape index (κ3) is 3.04. The summed E-state index contributed by atoms with van der Waals surface area (Å²) in [6.45, 7) is 7.93. The molecule has 0 aromatic carbocycles. The molecule has 5 rings (SSSR count). The Morgan fingerprint density at radius 1 is 0.821 bits per heavy atom. The van der Waals surface area contributed by atoms with Crippen LogP contribution in [0.15, 0.2) is 0 Å². The van der Waals surface area contributed by atoms with Crippen LogP contribution in [0, 0.1) is 46.3 Å². The summed E-state index contributed by atoms with van der Waals surface area (Å²) in [6, 6.07) is 0. The fraction of sp³-hybridized carbons (Fsp3) is 1.00. The van der Waals surface area contributed by atoms with Gasteiger partial charge in [-0.1, -0.05) is 46.5 Å². The van der Waals surface area contributed by atoms with Gasteiger partial charge >= 0.3 is 0 Å². The first-order valence-corrected chi connectivity index (χ1v) is 13.1. The maximum atomic E-state index is 10.2. The Kier molecular flexibility index (Phi) is 4.97. The van der Waals surface area contributed by atoms with Crippen LogP contribution in [0.25, 0.3) is 0 Å². The van der Waals surface area contributed by atoms with Gasteiger partial charge in [0.2, 0.25) is 0 Å². The Balaban J connectivity index is 1.33. The van der Waals surface area contributed by atoms with E-state index in [1.807, 2.05) is 0 Å². The molecule has 1 nitrogen and oxygen atoms in total. The highest BCUT2D eigenvalue weighted by Crippen LogP contribution is 2.69. The molecule has 5 saturated carbocycles. The molecule has 0 aromatic rings. The lowest BCUT2D eigenvalue weighted by Gasteiger charge is -2.62. The van der Waals surface area contributed by atoms with Crippen molar-refractivity contribution in [3.8, 4) is 0 Å². The summed E-state index contributed by atoms with van der Waals surface area (Å²) < 4.78 is 0. The van der Waals surface area contributed by atoms with Crippen LogP contribution in [-0.2, 0) is 0 Å². The predicted octanol–water partition coefficient (Wildman–Crippen LogP) is 7.37. The molecule has 6 unspecified atom stereocenters. The fourth-order valence-corrected chi connectivity index (χ4v) is 9.67. The molecule has 0 saturated heterocycles. The highest BCUT2D eigenvalue weighted by Gasteiger charge is 2.61. The summed E-state index contributed by atoms with van der Waals surface area (Å²) in [4.78, 5) is 0. The molecule has 5 aliphatic carbocycles. The summed E-state index contributed by atoms with van der Waals surface area (Å²) >= 11 is 0. The zero-order valence-electron chi connectivity index (χ0n) is 19.0. The van der Waals surface area contributed by atoms with Crippen LogP contribution in [0.3, 0.4) is 0 Å². The average Bonchev–Trinajstić information content (AvgIpc) is 3.31. The minimum Gasteiger partial charge on any atom is -0.390 e. The monoisotopic (exact) mass is 386 g/mol. The minimum absolute atomic E-state index is 0.237. The Morgan fingerprint density at radius 2 is 1.61 bits per heavy atom. The molecule has 0 radical (unpaired) electrons. The van der Waals surface area contributed by atoms with Crippen LogP contribution in [0.1, 0.15) is 117 Å². The van der Waals surface area contributed by atoms with E-state index in [1.165, 1.54) is 70.6 Å². The van der Waals surface area contributed by atoms with E-state index in [2.05, 4.69) is 20.8 Å². The molecule has 0 heterocycles. The predicted molar refractivity (Wildman–Crippen MR) is 117 cm³/mol. The molecule has 160 valence electrons. The quantitative estimate of drug-likeness (QED) is 0.523. The number of hydrogen-bond acceptors (Lipinski definition) is 1. The van der Waals surface area contributed by atoms with Gasteiger partial charge in [-0.3, -0.25) is 0 Å². The summed E-state index contributed by atoms with van der Waals surface area (Å²) in [5.41, 5.74) is 1.04. The Labute approximate surface area is 174 Å². The van der Waals surface area contributed by atoms with E-state index in [0.29, 0.717) is 10.8 Å². The van der Waals surface area contributed by atoms with Gasteiger partial charge < -0.3 is 5.11 Å². The smallest absolute Gasteiger partial charge is 0.0650 e. The molecule has 1 N–H and O–H groups in total. The molecule has 28 heavy (non-hydrogen) atoms. The lowest BCUT2D eigenvalue weighted by Crippen LogP contribution is -2.55. The van der Waals surface area contributed by atoms with Crippen molar-refractivity contribution >= 4 is 0 Å². The molecular formula is C27H46O. The van der Waals surface area contributed by atoms with Crippen molar-refractivity contribution in [1.82, 2.24) is 0 Å². The standard InChI is InChI=1S/C27H46O/c1-4-19-18-21-23-11-10-20(8-7-14-27(28)16-17-27)25(23,2)15-12-24(21)26(3)13-6-5-9-22(19)26/h19-24,28H,4-18H2,1-3H3/t19-,20?,21?,22?,23?,24-,25?,26?/m0/s1. The fourth-order valence-electron chi connectivity index (χ4n) is 9.67. The van der Waals surface area contributed by atoms with E-state index in [9.17, 15) is 5.11 Å². The van der Waals surface area contributed by atoms with Crippen molar-refractivity contribution in [2.45, 2.75) is 123 Å². The lowest BCUT2D eigenvalue weighted by atomic mass is 9.42. The molecule has 0 aromatic heterocycles. The van der Waals surface area contributed by atoms with Gasteiger partial charge in [0.15, 0.2) is 0 Å². The van der Waals surface area contributed by atoms with Gasteiger partial charge in [0, 0.05) is 0 Å². The largest absolute Gasteiger partial charge is 0.390 e. The topological polar surface area (TPSA) is 20.2 Å². The van der Waals surface area contributed by atoms with Gasteiger partial charge in [-0.15, -0.1) is 0 Å². The van der Waals surface area contributed by atoms with Crippen LogP contribution < -0.4 is 0 Å². The second-order valence-corrected chi connectivity index (χ2v) is 12.6. The molecular weight excluding hydrogens is 340 g/mol. The lowest BCUT2D eigenvalue weighted by molar-refractivity contribution is -0.135. The van der Waals surface area contributed by atoms with Crippen LogP contribution in [0.4, 0.5) is 0 Å². The first kappa shape index (κ1) is 19.9. The zero-order valence-corrected chi connectivity index (χ0v) is 19.0. The summed E-state index contributed by atoms with van der Waals surface area (Å²) in [5, 5.41) is 10.2. The molecule has 8 atom stereocenters. The molecule has 5 fully saturated rings. The normalized spacial score (nSPS) is 51.9. The number of hydrogen-bond donors (Lipinski definition) is 1. The number of fused-ring (bicyclic) bond motifs is 5. The van der Waals surface area contributed by atoms with Crippen LogP contribution >= 0.6 is 0 Å². The summed E-state index contributed by atoms with van der Waals surface area (Å²) in [5.74, 6) is 6.06. The first-order chi connectivity index (χ1) is 13.4. The molecule has 5 aliphatic rings. The third-order valence-electron chi connectivity index (χ3n) is 11.5. The van der Waals surface area contributed by atoms with Crippen molar-refractivity contribution in [1.29, 1.82) is 0 Å². The number of aliphatic hydroxyl groups is 1. The Hall–Kier alpha value is -0.0400. The number of rotatable bonds is 5. The Bertz CT molecular complexity index is 579. The minimum atomic E-state index is -0.237. The molecule has 0 spiro atoms. The summed E-state index contributed by atoms with van der Waals surface area (Å²) in [6.07, 6.45) is 21.0. The van der Waals surface area contributed by atoms with Crippen LogP contribution in [-0.4, -0.2) is 10.7 Å². The summed E-state index contributed by atoms with van der Waals surface area (Å²) in [7, 11) is 0. The van der Waals surface area contributed by atoms with E-state index in [0.717, 1.165) is 54.8 Å². The molecule has 0 amide bonds. The van der Waals surface area contributed by atoms with Gasteiger partial charge in [0.1, 0.15) is 0 Å². The van der Waals surface area contributed by atoms with Crippen LogP contribution in [0.2, 0.25) is 0 Å². The van der Waals surface area contributed by atoms with Gasteiger partial charge in [-0.05, 0) is 117 Å². The highest BCUT2D eigenvalue weighted by molar-refractivity contribution is 5.10. The average molecular weight is 387 g/mol. The van der Waals surface area contributed by atoms with Gasteiger partial charge in [0.05, 0.1) is 5.60 Å². The van der Waals surface area contributed by atoms with E-state index < -0.39 is 0 Å². The zero-order chi connectivity index (χ0) is 19.6. The van der Waals surface area contributed by atoms with Gasteiger partial charge in [0.25, 0.3) is 0 Å². The van der Waals surface area contributed by atoms with E-state index in [-0.39, 0.29) is 5.60 Å². The third-order valence-corrected chi connectivity index (χ3v) is 11.5. The second-order valence-electron chi connectivity index (χ2n) is 12.6. The molecule has 1 heteroatoms. The maximum absolute atomic E-state index is 10.2. The van der Waals surface area contributed by atoms with Gasteiger partial charge in [-0.25, -0.2) is 0 Å². The molecule has 0 aliphatic heterocycles. The first-order valence-electron chi connectivity index (χ1n) is 13.1. The second kappa shape index (κ2) is 7.00. The van der Waals surface area contributed by atoms with Crippen molar-refractivity contribution in [2.24, 2.45) is 46.3 Å². The van der Waals surface area contributed by atoms with Gasteiger partial charge in [-0.2, -0.15) is 0 Å². The van der Waals surface area contributed by atoms with Crippen molar-refractivity contribution in [3.05, 3.63) is 0 Å². The Morgan fingerprint density at radius 3 is 2.36 bits per heavy atom. The van der Waals surface area contributed by atoms with E-state index in [1.54, 1.807) is 6.42 Å². The maximum Gasteiger partial charge on any atom is 0.0650 e. The van der Waals surface area contributed by atoms with Crippen LogP contribution in [0.5, 0.6) is 0 Å². The highest BCUT2D eigenvalue weighted by atomic mass is 16.3. The van der Waals surface area contributed by atoms with E-state index >= 15 is 0 Å². The van der Waals surface area contributed by atoms with Crippen molar-refractivity contribution < 1.29 is 5.11 Å².